The summed E-state index contributed by atoms with van der Waals surface area (Å²) in [5, 5.41) is 6.91. The molecule has 2 aliphatic rings. The highest BCUT2D eigenvalue weighted by molar-refractivity contribution is 9.10. The fourth-order valence-electron chi connectivity index (χ4n) is 2.62. The van der Waals surface area contributed by atoms with Crippen molar-refractivity contribution >= 4 is 27.3 Å². The van der Waals surface area contributed by atoms with E-state index in [0.29, 0.717) is 6.04 Å². The van der Waals surface area contributed by atoms with Gasteiger partial charge in [-0.05, 0) is 31.2 Å². The molecule has 1 aromatic carbocycles. The summed E-state index contributed by atoms with van der Waals surface area (Å²) in [4.78, 5) is 2.54. The molecule has 0 amide bonds. The van der Waals surface area contributed by atoms with E-state index in [9.17, 15) is 0 Å². The van der Waals surface area contributed by atoms with Crippen LogP contribution in [0.4, 0.5) is 11.4 Å². The van der Waals surface area contributed by atoms with E-state index in [2.05, 4.69) is 49.7 Å². The number of nitrogens with zero attached hydrogens (tertiary/aromatic N) is 1. The van der Waals surface area contributed by atoms with Crippen molar-refractivity contribution in [3.05, 3.63) is 22.7 Å². The van der Waals surface area contributed by atoms with Gasteiger partial charge in [0.2, 0.25) is 0 Å². The zero-order valence-electron chi connectivity index (χ0n) is 9.17. The van der Waals surface area contributed by atoms with E-state index in [4.69, 9.17) is 0 Å². The minimum absolute atomic E-state index is 0.669. The Morgan fingerprint density at radius 2 is 2.25 bits per heavy atom. The lowest BCUT2D eigenvalue weighted by Gasteiger charge is -2.36. The van der Waals surface area contributed by atoms with Crippen LogP contribution in [-0.2, 0) is 0 Å². The van der Waals surface area contributed by atoms with Crippen molar-refractivity contribution in [2.24, 2.45) is 0 Å². The van der Waals surface area contributed by atoms with Crippen molar-refractivity contribution in [3.8, 4) is 0 Å². The van der Waals surface area contributed by atoms with Crippen molar-refractivity contribution in [2.75, 3.05) is 36.4 Å². The molecule has 0 aromatic heterocycles. The fourth-order valence-corrected chi connectivity index (χ4v) is 2.98. The van der Waals surface area contributed by atoms with Gasteiger partial charge in [-0.2, -0.15) is 0 Å². The Labute approximate surface area is 104 Å². The Hall–Kier alpha value is -0.740. The molecule has 3 rings (SSSR count). The molecule has 86 valence electrons. The van der Waals surface area contributed by atoms with Gasteiger partial charge in [0.15, 0.2) is 0 Å². The van der Waals surface area contributed by atoms with Gasteiger partial charge in [0, 0.05) is 30.1 Å². The van der Waals surface area contributed by atoms with E-state index < -0.39 is 0 Å². The molecule has 1 fully saturated rings. The molecule has 0 saturated carbocycles. The third kappa shape index (κ3) is 1.80. The number of fused-ring (bicyclic) bond motifs is 1. The molecular weight excluding hydrogens is 266 g/mol. The highest BCUT2D eigenvalue weighted by atomic mass is 79.9. The number of anilines is 2. The minimum atomic E-state index is 0.669. The second kappa shape index (κ2) is 4.26. The van der Waals surface area contributed by atoms with Crippen LogP contribution in [0.3, 0.4) is 0 Å². The largest absolute Gasteiger partial charge is 0.382 e. The molecule has 0 radical (unpaired) electrons. The second-order valence-corrected chi connectivity index (χ2v) is 5.34. The maximum atomic E-state index is 3.52. The molecule has 2 heterocycles. The molecule has 2 aliphatic heterocycles. The quantitative estimate of drug-likeness (QED) is 0.825. The number of rotatable bonds is 1. The van der Waals surface area contributed by atoms with Crippen LogP contribution >= 0.6 is 15.9 Å². The summed E-state index contributed by atoms with van der Waals surface area (Å²) in [7, 11) is 0. The molecule has 3 nitrogen and oxygen atoms in total. The smallest absolute Gasteiger partial charge is 0.0606 e. The van der Waals surface area contributed by atoms with E-state index in [0.717, 1.165) is 30.7 Å². The number of nitrogens with one attached hydrogen (secondary N) is 2. The summed E-state index contributed by atoms with van der Waals surface area (Å²) in [6, 6.07) is 7.18. The molecule has 0 spiro atoms. The Morgan fingerprint density at radius 1 is 1.31 bits per heavy atom. The maximum Gasteiger partial charge on any atom is 0.0606 e. The van der Waals surface area contributed by atoms with Crippen molar-refractivity contribution in [1.29, 1.82) is 0 Å². The van der Waals surface area contributed by atoms with E-state index in [1.807, 2.05) is 0 Å². The van der Waals surface area contributed by atoms with Gasteiger partial charge in [-0.1, -0.05) is 15.9 Å². The van der Waals surface area contributed by atoms with Gasteiger partial charge in [0.25, 0.3) is 0 Å². The fraction of sp³-hybridized carbons (Fsp3) is 0.500. The lowest BCUT2D eigenvalue weighted by Crippen LogP contribution is -2.42. The topological polar surface area (TPSA) is 27.3 Å². The van der Waals surface area contributed by atoms with E-state index in [-0.39, 0.29) is 0 Å². The highest BCUT2D eigenvalue weighted by Crippen LogP contribution is 2.33. The average molecular weight is 282 g/mol. The maximum absolute atomic E-state index is 3.52. The Morgan fingerprint density at radius 3 is 3.06 bits per heavy atom. The van der Waals surface area contributed by atoms with Crippen LogP contribution in [0.1, 0.15) is 6.42 Å². The summed E-state index contributed by atoms with van der Waals surface area (Å²) in [5.74, 6) is 0. The number of hydrogen-bond acceptors (Lipinski definition) is 3. The Bertz CT molecular complexity index is 388. The number of benzene rings is 1. The molecule has 16 heavy (non-hydrogen) atoms. The average Bonchev–Trinajstić information content (AvgIpc) is 2.81. The molecule has 1 atom stereocenters. The predicted molar refractivity (Wildman–Crippen MR) is 71.3 cm³/mol. The molecule has 2 N–H and O–H groups in total. The lowest BCUT2D eigenvalue weighted by atomic mass is 10.1. The van der Waals surface area contributed by atoms with Crippen LogP contribution < -0.4 is 15.5 Å². The van der Waals surface area contributed by atoms with Crippen molar-refractivity contribution in [1.82, 2.24) is 5.32 Å². The van der Waals surface area contributed by atoms with Crippen LogP contribution in [0.15, 0.2) is 22.7 Å². The van der Waals surface area contributed by atoms with Gasteiger partial charge in [-0.15, -0.1) is 0 Å². The van der Waals surface area contributed by atoms with Gasteiger partial charge in [-0.25, -0.2) is 0 Å². The van der Waals surface area contributed by atoms with Gasteiger partial charge in [-0.3, -0.25) is 0 Å². The van der Waals surface area contributed by atoms with Crippen LogP contribution in [0, 0.1) is 0 Å². The van der Waals surface area contributed by atoms with Crippen LogP contribution in [0.25, 0.3) is 0 Å². The molecule has 1 aromatic rings. The van der Waals surface area contributed by atoms with Crippen LogP contribution in [0.5, 0.6) is 0 Å². The first-order chi connectivity index (χ1) is 7.84. The molecular formula is C12H16BrN3. The van der Waals surface area contributed by atoms with Crippen LogP contribution in [-0.4, -0.2) is 32.2 Å². The normalized spacial score (nSPS) is 24.1. The second-order valence-electron chi connectivity index (χ2n) is 4.43. The summed E-state index contributed by atoms with van der Waals surface area (Å²) in [5.41, 5.74) is 2.61. The van der Waals surface area contributed by atoms with Crippen LogP contribution in [0.2, 0.25) is 0 Å². The molecule has 0 aliphatic carbocycles. The molecule has 1 unspecified atom stereocenters. The van der Waals surface area contributed by atoms with Crippen molar-refractivity contribution < 1.29 is 0 Å². The zero-order chi connectivity index (χ0) is 11.0. The first-order valence-corrected chi connectivity index (χ1v) is 6.65. The third-order valence-electron chi connectivity index (χ3n) is 3.41. The van der Waals surface area contributed by atoms with Gasteiger partial charge >= 0.3 is 0 Å². The number of halogens is 1. The van der Waals surface area contributed by atoms with E-state index >= 15 is 0 Å². The minimum Gasteiger partial charge on any atom is -0.382 e. The lowest BCUT2D eigenvalue weighted by molar-refractivity contribution is 0.632. The SMILES string of the molecule is Brc1ccc2c(c1)NCCN2C1CCNC1. The Kier molecular flexibility index (Phi) is 2.77. The molecule has 0 bridgehead atoms. The summed E-state index contributed by atoms with van der Waals surface area (Å²) < 4.78 is 1.14. The Balaban J connectivity index is 1.93. The third-order valence-corrected chi connectivity index (χ3v) is 3.90. The van der Waals surface area contributed by atoms with E-state index in [1.165, 1.54) is 17.8 Å². The summed E-state index contributed by atoms with van der Waals surface area (Å²) in [6.45, 7) is 4.43. The van der Waals surface area contributed by atoms with Crippen molar-refractivity contribution in [2.45, 2.75) is 12.5 Å². The predicted octanol–water partition coefficient (Wildman–Crippen LogP) is 2.04. The van der Waals surface area contributed by atoms with Gasteiger partial charge in [0.05, 0.1) is 11.4 Å². The molecule has 1 saturated heterocycles. The standard InChI is InChI=1S/C12H16BrN3/c13-9-1-2-12-11(7-9)15-5-6-16(12)10-3-4-14-8-10/h1-2,7,10,14-15H,3-6,8H2. The number of hydrogen-bond donors (Lipinski definition) is 2. The molecule has 4 heteroatoms. The van der Waals surface area contributed by atoms with E-state index in [1.54, 1.807) is 0 Å². The monoisotopic (exact) mass is 281 g/mol. The first kappa shape index (κ1) is 10.4. The van der Waals surface area contributed by atoms with Gasteiger partial charge < -0.3 is 15.5 Å². The highest BCUT2D eigenvalue weighted by Gasteiger charge is 2.26. The van der Waals surface area contributed by atoms with Gasteiger partial charge in [0.1, 0.15) is 0 Å². The summed E-state index contributed by atoms with van der Waals surface area (Å²) >= 11 is 3.52. The summed E-state index contributed by atoms with van der Waals surface area (Å²) in [6.07, 6.45) is 1.26. The van der Waals surface area contributed by atoms with Crippen molar-refractivity contribution in [3.63, 3.8) is 0 Å². The first-order valence-electron chi connectivity index (χ1n) is 5.85. The zero-order valence-corrected chi connectivity index (χ0v) is 10.8.